The molecular weight excluding hydrogens is 497 g/mol. The van der Waals surface area contributed by atoms with Crippen LogP contribution in [0.15, 0.2) is 66.2 Å². The number of Topliss-reactive ketones (excluding diaryl/α,β-unsaturated/α-hetero) is 1. The average molecular weight is 524 g/mol. The minimum absolute atomic E-state index is 0.00861. The molecule has 1 atom stereocenters. The molecule has 2 N–H and O–H groups in total. The first-order chi connectivity index (χ1) is 17.6. The van der Waals surface area contributed by atoms with Crippen LogP contribution in [-0.2, 0) is 16.1 Å². The number of rotatable bonds is 7. The highest BCUT2D eigenvalue weighted by Crippen LogP contribution is 2.42. The average Bonchev–Trinajstić information content (AvgIpc) is 3.11. The first kappa shape index (κ1) is 26.2. The third-order valence-corrected chi connectivity index (χ3v) is 6.60. The molecule has 1 aliphatic rings. The van der Waals surface area contributed by atoms with Crippen LogP contribution in [0.1, 0.15) is 55.0 Å². The highest BCUT2D eigenvalue weighted by Gasteiger charge is 2.46. The van der Waals surface area contributed by atoms with Crippen molar-refractivity contribution >= 4 is 29.1 Å². The molecule has 0 aromatic heterocycles. The topological polar surface area (TPSA) is 87.1 Å². The Bertz CT molecular complexity index is 1380. The molecule has 0 bridgehead atoms. The molecular formula is C29H27ClFNO5. The van der Waals surface area contributed by atoms with E-state index in [-0.39, 0.29) is 34.6 Å². The van der Waals surface area contributed by atoms with Crippen LogP contribution in [0.2, 0.25) is 5.02 Å². The van der Waals surface area contributed by atoms with Crippen molar-refractivity contribution in [1.29, 1.82) is 0 Å². The van der Waals surface area contributed by atoms with E-state index in [1.807, 2.05) is 20.8 Å². The van der Waals surface area contributed by atoms with Gasteiger partial charge in [0.05, 0.1) is 23.2 Å². The number of nitrogens with zero attached hydrogens (tertiary/aromatic N) is 1. The number of phenolic OH excluding ortho intramolecular Hbond substituents is 1. The zero-order chi connectivity index (χ0) is 26.9. The highest BCUT2D eigenvalue weighted by atomic mass is 35.5. The first-order valence-corrected chi connectivity index (χ1v) is 12.3. The molecule has 1 amide bonds. The number of likely N-dealkylation sites (tertiary alicyclic amines) is 1. The second-order valence-corrected chi connectivity index (χ2v) is 9.51. The summed E-state index contributed by atoms with van der Waals surface area (Å²) in [5.41, 5.74) is 2.13. The number of carbonyl (C=O) groups is 2. The number of aliphatic hydroxyl groups is 1. The van der Waals surface area contributed by atoms with Crippen molar-refractivity contribution in [2.45, 2.75) is 39.3 Å². The van der Waals surface area contributed by atoms with Gasteiger partial charge in [0.25, 0.3) is 11.7 Å². The minimum Gasteiger partial charge on any atom is -0.507 e. The zero-order valence-electron chi connectivity index (χ0n) is 20.7. The molecule has 37 heavy (non-hydrogen) atoms. The summed E-state index contributed by atoms with van der Waals surface area (Å²) < 4.78 is 19.2. The number of phenols is 1. The third-order valence-electron chi connectivity index (χ3n) is 6.30. The molecule has 3 aromatic rings. The van der Waals surface area contributed by atoms with Crippen molar-refractivity contribution in [3.63, 3.8) is 0 Å². The van der Waals surface area contributed by atoms with Gasteiger partial charge in [-0.05, 0) is 72.0 Å². The Labute approximate surface area is 219 Å². The summed E-state index contributed by atoms with van der Waals surface area (Å²) in [6, 6.07) is 14.1. The molecule has 192 valence electrons. The summed E-state index contributed by atoms with van der Waals surface area (Å²) in [6.45, 7) is 6.32. The largest absolute Gasteiger partial charge is 0.507 e. The molecule has 6 nitrogen and oxygen atoms in total. The lowest BCUT2D eigenvalue weighted by atomic mass is 9.93. The lowest BCUT2D eigenvalue weighted by molar-refractivity contribution is -0.140. The highest BCUT2D eigenvalue weighted by molar-refractivity contribution is 6.46. The number of benzene rings is 3. The van der Waals surface area contributed by atoms with Crippen LogP contribution in [0.4, 0.5) is 4.39 Å². The molecule has 1 saturated heterocycles. The maximum atomic E-state index is 13.5. The SMILES string of the molecule is CCOc1ccc(/C(O)=C2/C(=O)C(=O)N(Cc3ccc(F)cc3)C2c2ccc(O)c(Cl)c2)cc1C(C)C. The number of ketones is 1. The Morgan fingerprint density at radius 3 is 2.41 bits per heavy atom. The Morgan fingerprint density at radius 1 is 1.08 bits per heavy atom. The summed E-state index contributed by atoms with van der Waals surface area (Å²) in [4.78, 5) is 27.9. The molecule has 4 rings (SSSR count). The normalized spacial score (nSPS) is 17.0. The van der Waals surface area contributed by atoms with E-state index >= 15 is 0 Å². The van der Waals surface area contributed by atoms with Crippen molar-refractivity contribution in [3.8, 4) is 11.5 Å². The molecule has 1 unspecified atom stereocenters. The van der Waals surface area contributed by atoms with Gasteiger partial charge in [-0.2, -0.15) is 0 Å². The molecule has 1 aliphatic heterocycles. The standard InChI is InChI=1S/C29H27ClFNO5/c1-4-37-24-12-8-19(13-21(24)16(2)3)27(34)25-26(18-7-11-23(33)22(30)14-18)32(29(36)28(25)35)15-17-5-9-20(31)10-6-17/h5-14,16,26,33-34H,4,15H2,1-3H3/b27-25-. The molecule has 3 aromatic carbocycles. The predicted molar refractivity (Wildman–Crippen MR) is 139 cm³/mol. The van der Waals surface area contributed by atoms with Crippen LogP contribution in [0.5, 0.6) is 11.5 Å². The molecule has 0 spiro atoms. The van der Waals surface area contributed by atoms with Crippen LogP contribution in [0.25, 0.3) is 5.76 Å². The summed E-state index contributed by atoms with van der Waals surface area (Å²) in [5, 5.41) is 21.4. The Kier molecular flexibility index (Phi) is 7.55. The van der Waals surface area contributed by atoms with Crippen molar-refractivity contribution in [1.82, 2.24) is 4.90 Å². The smallest absolute Gasteiger partial charge is 0.295 e. The van der Waals surface area contributed by atoms with Gasteiger partial charge in [0, 0.05) is 12.1 Å². The Balaban J connectivity index is 1.88. The van der Waals surface area contributed by atoms with Gasteiger partial charge < -0.3 is 19.8 Å². The number of hydrogen-bond donors (Lipinski definition) is 2. The molecule has 8 heteroatoms. The number of halogens is 2. The van der Waals surface area contributed by atoms with Crippen molar-refractivity contribution in [2.75, 3.05) is 6.61 Å². The lowest BCUT2D eigenvalue weighted by Gasteiger charge is -2.26. The molecule has 0 radical (unpaired) electrons. The quantitative estimate of drug-likeness (QED) is 0.215. The zero-order valence-corrected chi connectivity index (χ0v) is 21.4. The van der Waals surface area contributed by atoms with Crippen LogP contribution < -0.4 is 4.74 Å². The number of carbonyl (C=O) groups excluding carboxylic acids is 2. The van der Waals surface area contributed by atoms with E-state index in [2.05, 4.69) is 0 Å². The maximum absolute atomic E-state index is 13.5. The monoisotopic (exact) mass is 523 g/mol. The van der Waals surface area contributed by atoms with Gasteiger partial charge in [0.1, 0.15) is 23.1 Å². The maximum Gasteiger partial charge on any atom is 0.295 e. The van der Waals surface area contributed by atoms with E-state index in [0.717, 1.165) is 5.56 Å². The Hall–Kier alpha value is -3.84. The van der Waals surface area contributed by atoms with Crippen LogP contribution in [0.3, 0.4) is 0 Å². The van der Waals surface area contributed by atoms with Gasteiger partial charge in [-0.1, -0.05) is 43.6 Å². The molecule has 1 fully saturated rings. The van der Waals surface area contributed by atoms with Gasteiger partial charge in [-0.15, -0.1) is 0 Å². The predicted octanol–water partition coefficient (Wildman–Crippen LogP) is 6.33. The number of aromatic hydroxyl groups is 1. The van der Waals surface area contributed by atoms with E-state index in [4.69, 9.17) is 16.3 Å². The van der Waals surface area contributed by atoms with Crippen molar-refractivity contribution < 1.29 is 28.9 Å². The second-order valence-electron chi connectivity index (χ2n) is 9.10. The summed E-state index contributed by atoms with van der Waals surface area (Å²) in [5.74, 6) is -1.84. The van der Waals surface area contributed by atoms with Crippen LogP contribution >= 0.6 is 11.6 Å². The van der Waals surface area contributed by atoms with Gasteiger partial charge in [0.15, 0.2) is 0 Å². The number of hydrogen-bond acceptors (Lipinski definition) is 5. The number of ether oxygens (including phenoxy) is 1. The third kappa shape index (κ3) is 5.18. The first-order valence-electron chi connectivity index (χ1n) is 11.9. The fraction of sp³-hybridized carbons (Fsp3) is 0.241. The molecule has 1 heterocycles. The summed E-state index contributed by atoms with van der Waals surface area (Å²) >= 11 is 6.16. The van der Waals surface area contributed by atoms with E-state index in [0.29, 0.717) is 29.0 Å². The van der Waals surface area contributed by atoms with Gasteiger partial charge in [-0.3, -0.25) is 9.59 Å². The summed E-state index contributed by atoms with van der Waals surface area (Å²) in [6.07, 6.45) is 0. The molecule has 0 aliphatic carbocycles. The Morgan fingerprint density at radius 2 is 1.78 bits per heavy atom. The van der Waals surface area contributed by atoms with Crippen molar-refractivity contribution in [3.05, 3.63) is 99.3 Å². The fourth-order valence-electron chi connectivity index (χ4n) is 4.46. The number of aliphatic hydroxyl groups excluding tert-OH is 1. The number of amides is 1. The van der Waals surface area contributed by atoms with E-state index < -0.39 is 23.5 Å². The van der Waals surface area contributed by atoms with Gasteiger partial charge in [0.2, 0.25) is 0 Å². The van der Waals surface area contributed by atoms with E-state index in [9.17, 15) is 24.2 Å². The van der Waals surface area contributed by atoms with E-state index in [1.54, 1.807) is 24.3 Å². The lowest BCUT2D eigenvalue weighted by Crippen LogP contribution is -2.29. The fourth-order valence-corrected chi connectivity index (χ4v) is 4.65. The minimum atomic E-state index is -0.989. The van der Waals surface area contributed by atoms with E-state index in [1.165, 1.54) is 41.3 Å². The summed E-state index contributed by atoms with van der Waals surface area (Å²) in [7, 11) is 0. The molecule has 0 saturated carbocycles. The second kappa shape index (κ2) is 10.6. The van der Waals surface area contributed by atoms with Crippen LogP contribution in [-0.4, -0.2) is 33.4 Å². The van der Waals surface area contributed by atoms with Gasteiger partial charge >= 0.3 is 0 Å². The van der Waals surface area contributed by atoms with Crippen LogP contribution in [0, 0.1) is 5.82 Å². The van der Waals surface area contributed by atoms with Crippen molar-refractivity contribution in [2.24, 2.45) is 0 Å². The van der Waals surface area contributed by atoms with Gasteiger partial charge in [-0.25, -0.2) is 4.39 Å².